The third-order valence-corrected chi connectivity index (χ3v) is 5.76. The van der Waals surface area contributed by atoms with Crippen LogP contribution < -0.4 is 10.5 Å². The van der Waals surface area contributed by atoms with Gasteiger partial charge in [0.25, 0.3) is 5.56 Å². The van der Waals surface area contributed by atoms with Gasteiger partial charge in [-0.15, -0.1) is 0 Å². The second-order valence-corrected chi connectivity index (χ2v) is 7.38. The number of rotatable bonds is 3. The van der Waals surface area contributed by atoms with Crippen LogP contribution in [0.2, 0.25) is 0 Å². The van der Waals surface area contributed by atoms with Crippen molar-refractivity contribution in [2.24, 2.45) is 5.92 Å². The molecule has 1 aromatic carbocycles. The number of anilines is 1. The minimum absolute atomic E-state index is 0.0743. The number of para-hydroxylation sites is 1. The summed E-state index contributed by atoms with van der Waals surface area (Å²) in [6.07, 6.45) is 2.11. The van der Waals surface area contributed by atoms with Crippen molar-refractivity contribution in [1.29, 1.82) is 0 Å². The molecule has 1 aliphatic rings. The molecule has 0 amide bonds. The molecule has 1 aliphatic heterocycles. The van der Waals surface area contributed by atoms with Crippen molar-refractivity contribution < 1.29 is 0 Å². The molecule has 0 saturated carbocycles. The van der Waals surface area contributed by atoms with Crippen molar-refractivity contribution in [3.8, 4) is 0 Å². The molecule has 3 heterocycles. The highest BCUT2D eigenvalue weighted by molar-refractivity contribution is 7.09. The van der Waals surface area contributed by atoms with Crippen molar-refractivity contribution in [3.63, 3.8) is 0 Å². The van der Waals surface area contributed by atoms with Gasteiger partial charge in [0.15, 0.2) is 0 Å². The Morgan fingerprint density at radius 3 is 2.64 bits per heavy atom. The standard InChI is InChI=1S/C18H21N5OS/c1-12-19-18(25-21-12)22-9-7-14(8-10-22)11-23-13(2)20-16-6-4-3-5-15(16)17(23)24/h3-6,14H,7-11H2,1-2H3. The average molecular weight is 355 g/mol. The molecule has 7 heteroatoms. The lowest BCUT2D eigenvalue weighted by atomic mass is 9.97. The second kappa shape index (κ2) is 6.55. The molecule has 3 aromatic rings. The fourth-order valence-corrected chi connectivity index (χ4v) is 4.20. The summed E-state index contributed by atoms with van der Waals surface area (Å²) in [7, 11) is 0. The Labute approximate surface area is 150 Å². The molecule has 25 heavy (non-hydrogen) atoms. The van der Waals surface area contributed by atoms with Crippen LogP contribution in [0.1, 0.15) is 24.5 Å². The SMILES string of the molecule is Cc1nsc(N2CCC(Cn3c(C)nc4ccccc4c3=O)CC2)n1. The van der Waals surface area contributed by atoms with E-state index in [0.29, 0.717) is 11.3 Å². The van der Waals surface area contributed by atoms with Crippen molar-refractivity contribution in [3.05, 3.63) is 46.3 Å². The number of hydrogen-bond acceptors (Lipinski definition) is 6. The van der Waals surface area contributed by atoms with Crippen molar-refractivity contribution >= 4 is 27.6 Å². The molecule has 0 spiro atoms. The van der Waals surface area contributed by atoms with E-state index in [1.807, 2.05) is 42.7 Å². The number of fused-ring (bicyclic) bond motifs is 1. The number of piperidine rings is 1. The van der Waals surface area contributed by atoms with Crippen LogP contribution in [0, 0.1) is 19.8 Å². The zero-order valence-corrected chi connectivity index (χ0v) is 15.3. The first-order chi connectivity index (χ1) is 12.1. The molecular formula is C18H21N5OS. The zero-order chi connectivity index (χ0) is 17.4. The third-order valence-electron chi connectivity index (χ3n) is 4.90. The van der Waals surface area contributed by atoms with Gasteiger partial charge in [0.2, 0.25) is 5.13 Å². The first-order valence-corrected chi connectivity index (χ1v) is 9.40. The monoisotopic (exact) mass is 355 g/mol. The summed E-state index contributed by atoms with van der Waals surface area (Å²) in [5, 5.41) is 1.71. The maximum absolute atomic E-state index is 12.8. The molecule has 2 aromatic heterocycles. The number of nitrogens with zero attached hydrogens (tertiary/aromatic N) is 5. The van der Waals surface area contributed by atoms with E-state index in [4.69, 9.17) is 0 Å². The summed E-state index contributed by atoms with van der Waals surface area (Å²) in [4.78, 5) is 24.2. The van der Waals surface area contributed by atoms with E-state index >= 15 is 0 Å². The van der Waals surface area contributed by atoms with Crippen molar-refractivity contribution in [2.45, 2.75) is 33.2 Å². The van der Waals surface area contributed by atoms with Crippen LogP contribution in [-0.2, 0) is 6.54 Å². The highest BCUT2D eigenvalue weighted by atomic mass is 32.1. The summed E-state index contributed by atoms with van der Waals surface area (Å²) in [5.41, 5.74) is 0.855. The average Bonchev–Trinajstić information content (AvgIpc) is 3.05. The van der Waals surface area contributed by atoms with Gasteiger partial charge in [-0.05, 0) is 44.7 Å². The lowest BCUT2D eigenvalue weighted by Crippen LogP contribution is -2.37. The minimum Gasteiger partial charge on any atom is -0.347 e. The molecule has 1 saturated heterocycles. The van der Waals surface area contributed by atoms with E-state index in [1.165, 1.54) is 11.5 Å². The van der Waals surface area contributed by atoms with E-state index in [1.54, 1.807) is 0 Å². The van der Waals surface area contributed by atoms with Crippen LogP contribution in [0.25, 0.3) is 10.9 Å². The first-order valence-electron chi connectivity index (χ1n) is 8.63. The topological polar surface area (TPSA) is 63.9 Å². The van der Waals surface area contributed by atoms with Crippen molar-refractivity contribution in [1.82, 2.24) is 18.9 Å². The zero-order valence-electron chi connectivity index (χ0n) is 14.5. The summed E-state index contributed by atoms with van der Waals surface area (Å²) >= 11 is 1.47. The van der Waals surface area contributed by atoms with Gasteiger partial charge in [0, 0.05) is 31.2 Å². The summed E-state index contributed by atoms with van der Waals surface area (Å²) in [5.74, 6) is 2.13. The van der Waals surface area contributed by atoms with Gasteiger partial charge in [0.05, 0.1) is 10.9 Å². The van der Waals surface area contributed by atoms with Gasteiger partial charge in [-0.1, -0.05) is 12.1 Å². The lowest BCUT2D eigenvalue weighted by Gasteiger charge is -2.32. The van der Waals surface area contributed by atoms with E-state index in [2.05, 4.69) is 19.2 Å². The Bertz CT molecular complexity index is 955. The van der Waals surface area contributed by atoms with Crippen LogP contribution in [0.3, 0.4) is 0 Å². The maximum atomic E-state index is 12.8. The van der Waals surface area contributed by atoms with Crippen molar-refractivity contribution in [2.75, 3.05) is 18.0 Å². The molecule has 0 radical (unpaired) electrons. The van der Waals surface area contributed by atoms with Crippen LogP contribution in [0.5, 0.6) is 0 Å². The van der Waals surface area contributed by atoms with Crippen LogP contribution in [0.15, 0.2) is 29.1 Å². The lowest BCUT2D eigenvalue weighted by molar-refractivity contribution is 0.348. The highest BCUT2D eigenvalue weighted by Gasteiger charge is 2.23. The molecule has 130 valence electrons. The Hall–Kier alpha value is -2.28. The smallest absolute Gasteiger partial charge is 0.261 e. The molecular weight excluding hydrogens is 334 g/mol. The van der Waals surface area contributed by atoms with Gasteiger partial charge in [0.1, 0.15) is 11.6 Å². The molecule has 4 rings (SSSR count). The van der Waals surface area contributed by atoms with E-state index in [9.17, 15) is 4.79 Å². The second-order valence-electron chi connectivity index (χ2n) is 6.65. The van der Waals surface area contributed by atoms with Gasteiger partial charge < -0.3 is 4.90 Å². The molecule has 0 N–H and O–H groups in total. The van der Waals surface area contributed by atoms with E-state index < -0.39 is 0 Å². The maximum Gasteiger partial charge on any atom is 0.261 e. The fourth-order valence-electron chi connectivity index (χ4n) is 3.47. The highest BCUT2D eigenvalue weighted by Crippen LogP contribution is 2.25. The van der Waals surface area contributed by atoms with Gasteiger partial charge in [-0.25, -0.2) is 9.97 Å². The van der Waals surface area contributed by atoms with Gasteiger partial charge in [-0.3, -0.25) is 9.36 Å². The molecule has 1 fully saturated rings. The van der Waals surface area contributed by atoms with Crippen LogP contribution >= 0.6 is 11.5 Å². The normalized spacial score (nSPS) is 15.8. The van der Waals surface area contributed by atoms with E-state index in [0.717, 1.165) is 54.8 Å². The minimum atomic E-state index is 0.0743. The van der Waals surface area contributed by atoms with Gasteiger partial charge >= 0.3 is 0 Å². The first kappa shape index (κ1) is 16.2. The Morgan fingerprint density at radius 1 is 1.16 bits per heavy atom. The number of aromatic nitrogens is 4. The quantitative estimate of drug-likeness (QED) is 0.723. The molecule has 0 atom stereocenters. The largest absolute Gasteiger partial charge is 0.347 e. The van der Waals surface area contributed by atoms with E-state index in [-0.39, 0.29) is 5.56 Å². The fraction of sp³-hybridized carbons (Fsp3) is 0.444. The van der Waals surface area contributed by atoms with Crippen LogP contribution in [0.4, 0.5) is 5.13 Å². The molecule has 0 bridgehead atoms. The Balaban J connectivity index is 1.50. The Kier molecular flexibility index (Phi) is 4.25. The number of hydrogen-bond donors (Lipinski definition) is 0. The summed E-state index contributed by atoms with van der Waals surface area (Å²) in [6, 6.07) is 7.58. The van der Waals surface area contributed by atoms with Gasteiger partial charge in [-0.2, -0.15) is 4.37 Å². The predicted molar refractivity (Wildman–Crippen MR) is 100 cm³/mol. The predicted octanol–water partition coefficient (Wildman–Crippen LogP) is 2.78. The summed E-state index contributed by atoms with van der Waals surface area (Å²) in [6.45, 7) is 6.52. The molecule has 0 aliphatic carbocycles. The third kappa shape index (κ3) is 3.16. The molecule has 0 unspecified atom stereocenters. The Morgan fingerprint density at radius 2 is 1.92 bits per heavy atom. The number of benzene rings is 1. The number of aryl methyl sites for hydroxylation is 2. The summed E-state index contributed by atoms with van der Waals surface area (Å²) < 4.78 is 6.11. The van der Waals surface area contributed by atoms with Crippen LogP contribution in [-0.4, -0.2) is 32.0 Å². The molecule has 6 nitrogen and oxygen atoms in total.